The van der Waals surface area contributed by atoms with Crippen LogP contribution in [-0.4, -0.2) is 11.1 Å². The highest BCUT2D eigenvalue weighted by Gasteiger charge is 2.29. The maximum absolute atomic E-state index is 11.0. The molecule has 1 atom stereocenters. The van der Waals surface area contributed by atoms with E-state index in [0.717, 1.165) is 0 Å². The number of rotatable bonds is 4. The summed E-state index contributed by atoms with van der Waals surface area (Å²) in [4.78, 5) is 11.0. The highest BCUT2D eigenvalue weighted by Crippen LogP contribution is 2.31. The molecular weight excluding hydrogens is 188 g/mol. The minimum atomic E-state index is -0.731. The van der Waals surface area contributed by atoms with Crippen molar-refractivity contribution in [3.63, 3.8) is 0 Å². The van der Waals surface area contributed by atoms with Crippen molar-refractivity contribution >= 4 is 5.97 Å². The number of aliphatic carboxylic acids is 1. The number of carboxylic acids is 1. The Kier molecular flexibility index (Phi) is 3.51. The predicted octanol–water partition coefficient (Wildman–Crippen LogP) is 3.29. The van der Waals surface area contributed by atoms with Crippen molar-refractivity contribution in [1.82, 2.24) is 0 Å². The molecule has 0 amide bonds. The van der Waals surface area contributed by atoms with Gasteiger partial charge in [0.2, 0.25) is 0 Å². The molecule has 0 fully saturated rings. The molecule has 0 saturated carbocycles. The summed E-state index contributed by atoms with van der Waals surface area (Å²) in [5.41, 5.74) is 0.543. The zero-order valence-electron chi connectivity index (χ0n) is 9.53. The molecule has 1 aromatic rings. The van der Waals surface area contributed by atoms with E-state index in [1.165, 1.54) is 5.56 Å². The summed E-state index contributed by atoms with van der Waals surface area (Å²) in [5.74, 6) is -0.456. The van der Waals surface area contributed by atoms with E-state index in [1.807, 2.05) is 30.3 Å². The van der Waals surface area contributed by atoms with Crippen LogP contribution in [0.1, 0.15) is 38.7 Å². The Morgan fingerprint density at radius 3 is 2.33 bits per heavy atom. The number of carbonyl (C=O) groups is 1. The molecule has 1 rings (SSSR count). The minimum Gasteiger partial charge on any atom is -0.481 e. The maximum Gasteiger partial charge on any atom is 0.309 e. The van der Waals surface area contributed by atoms with Gasteiger partial charge in [0.25, 0.3) is 0 Å². The summed E-state index contributed by atoms with van der Waals surface area (Å²) in [6.45, 7) is 5.61. The van der Waals surface area contributed by atoms with Gasteiger partial charge >= 0.3 is 5.97 Å². The van der Waals surface area contributed by atoms with Gasteiger partial charge in [-0.2, -0.15) is 0 Å². The van der Waals surface area contributed by atoms with Crippen molar-refractivity contribution in [1.29, 1.82) is 0 Å². The van der Waals surface area contributed by atoms with Crippen molar-refractivity contribution in [2.24, 2.45) is 5.41 Å². The van der Waals surface area contributed by atoms with Crippen LogP contribution in [0.25, 0.3) is 0 Å². The van der Waals surface area contributed by atoms with Gasteiger partial charge in [-0.25, -0.2) is 0 Å². The monoisotopic (exact) mass is 206 g/mol. The average molecular weight is 206 g/mol. The van der Waals surface area contributed by atoms with Gasteiger partial charge < -0.3 is 5.11 Å². The molecule has 0 bridgehead atoms. The second-order valence-corrected chi connectivity index (χ2v) is 4.70. The zero-order valence-corrected chi connectivity index (χ0v) is 9.53. The maximum atomic E-state index is 11.0. The van der Waals surface area contributed by atoms with Crippen LogP contribution in [-0.2, 0) is 4.79 Å². The molecular formula is C13H18O2. The van der Waals surface area contributed by atoms with Crippen molar-refractivity contribution < 1.29 is 9.90 Å². The summed E-state index contributed by atoms with van der Waals surface area (Å²) >= 11 is 0. The van der Waals surface area contributed by atoms with Crippen LogP contribution in [0.4, 0.5) is 0 Å². The van der Waals surface area contributed by atoms with E-state index < -0.39 is 11.4 Å². The standard InChI is InChI=1S/C13H18O2/c1-10(9-13(2,3)12(14)15)11-7-5-4-6-8-11/h4-8,10H,9H2,1-3H3,(H,14,15). The third-order valence-electron chi connectivity index (χ3n) is 2.76. The molecule has 0 aliphatic carbocycles. The van der Waals surface area contributed by atoms with E-state index in [-0.39, 0.29) is 5.92 Å². The van der Waals surface area contributed by atoms with Crippen molar-refractivity contribution in [3.05, 3.63) is 35.9 Å². The van der Waals surface area contributed by atoms with E-state index in [4.69, 9.17) is 5.11 Å². The lowest BCUT2D eigenvalue weighted by molar-refractivity contribution is -0.147. The number of hydrogen-bond donors (Lipinski definition) is 1. The summed E-state index contributed by atoms with van der Waals surface area (Å²) < 4.78 is 0. The molecule has 1 aromatic carbocycles. The molecule has 2 heteroatoms. The summed E-state index contributed by atoms with van der Waals surface area (Å²) in [5, 5.41) is 9.04. The van der Waals surface area contributed by atoms with Crippen LogP contribution in [0.5, 0.6) is 0 Å². The molecule has 1 N–H and O–H groups in total. The fourth-order valence-corrected chi connectivity index (χ4v) is 1.75. The first-order chi connectivity index (χ1) is 6.93. The smallest absolute Gasteiger partial charge is 0.309 e. The minimum absolute atomic E-state index is 0.275. The molecule has 1 unspecified atom stereocenters. The molecule has 0 aromatic heterocycles. The van der Waals surface area contributed by atoms with Crippen LogP contribution in [0, 0.1) is 5.41 Å². The molecule has 0 spiro atoms. The first-order valence-corrected chi connectivity index (χ1v) is 5.22. The van der Waals surface area contributed by atoms with Gasteiger partial charge in [0.15, 0.2) is 0 Å². The summed E-state index contributed by atoms with van der Waals surface area (Å²) in [6.07, 6.45) is 0.659. The van der Waals surface area contributed by atoms with E-state index >= 15 is 0 Å². The number of carboxylic acid groups (broad SMARTS) is 1. The van der Waals surface area contributed by atoms with Gasteiger partial charge in [0, 0.05) is 0 Å². The molecule has 15 heavy (non-hydrogen) atoms. The lowest BCUT2D eigenvalue weighted by Crippen LogP contribution is -2.25. The van der Waals surface area contributed by atoms with Crippen molar-refractivity contribution in [2.75, 3.05) is 0 Å². The highest BCUT2D eigenvalue weighted by atomic mass is 16.4. The van der Waals surface area contributed by atoms with E-state index in [1.54, 1.807) is 13.8 Å². The van der Waals surface area contributed by atoms with E-state index in [2.05, 4.69) is 6.92 Å². The average Bonchev–Trinajstić information content (AvgIpc) is 2.18. The molecule has 0 radical (unpaired) electrons. The summed E-state index contributed by atoms with van der Waals surface area (Å²) in [7, 11) is 0. The Bertz CT molecular complexity index is 328. The normalized spacial score (nSPS) is 13.5. The second-order valence-electron chi connectivity index (χ2n) is 4.70. The van der Waals surface area contributed by atoms with Crippen LogP contribution in [0.2, 0.25) is 0 Å². The predicted molar refractivity (Wildman–Crippen MR) is 60.9 cm³/mol. The van der Waals surface area contributed by atoms with Gasteiger partial charge in [0.1, 0.15) is 0 Å². The van der Waals surface area contributed by atoms with Gasteiger partial charge in [-0.3, -0.25) is 4.79 Å². The Morgan fingerprint density at radius 1 is 1.33 bits per heavy atom. The zero-order chi connectivity index (χ0) is 11.5. The van der Waals surface area contributed by atoms with Crippen LogP contribution >= 0.6 is 0 Å². The third kappa shape index (κ3) is 3.08. The number of hydrogen-bond acceptors (Lipinski definition) is 1. The van der Waals surface area contributed by atoms with Crippen LogP contribution < -0.4 is 0 Å². The third-order valence-corrected chi connectivity index (χ3v) is 2.76. The topological polar surface area (TPSA) is 37.3 Å². The Morgan fingerprint density at radius 2 is 1.87 bits per heavy atom. The Hall–Kier alpha value is -1.31. The first kappa shape index (κ1) is 11.8. The van der Waals surface area contributed by atoms with E-state index in [9.17, 15) is 4.79 Å². The van der Waals surface area contributed by atoms with Crippen molar-refractivity contribution in [2.45, 2.75) is 33.1 Å². The largest absolute Gasteiger partial charge is 0.481 e. The molecule has 0 aliphatic rings. The van der Waals surface area contributed by atoms with Crippen LogP contribution in [0.15, 0.2) is 30.3 Å². The lowest BCUT2D eigenvalue weighted by Gasteiger charge is -2.23. The Labute approximate surface area is 90.9 Å². The molecule has 82 valence electrons. The lowest BCUT2D eigenvalue weighted by atomic mass is 9.81. The summed E-state index contributed by atoms with van der Waals surface area (Å²) in [6, 6.07) is 10.0. The molecule has 0 saturated heterocycles. The van der Waals surface area contributed by atoms with Gasteiger partial charge in [0.05, 0.1) is 5.41 Å². The fourth-order valence-electron chi connectivity index (χ4n) is 1.75. The first-order valence-electron chi connectivity index (χ1n) is 5.22. The SMILES string of the molecule is CC(CC(C)(C)C(=O)O)c1ccccc1. The quantitative estimate of drug-likeness (QED) is 0.820. The van der Waals surface area contributed by atoms with Gasteiger partial charge in [-0.1, -0.05) is 37.3 Å². The number of benzene rings is 1. The fraction of sp³-hybridized carbons (Fsp3) is 0.462. The molecule has 0 aliphatic heterocycles. The molecule has 2 nitrogen and oxygen atoms in total. The molecule has 0 heterocycles. The van der Waals surface area contributed by atoms with Gasteiger partial charge in [-0.05, 0) is 31.7 Å². The highest BCUT2D eigenvalue weighted by molar-refractivity contribution is 5.73. The second kappa shape index (κ2) is 4.47. The Balaban J connectivity index is 2.72. The van der Waals surface area contributed by atoms with E-state index in [0.29, 0.717) is 6.42 Å². The van der Waals surface area contributed by atoms with Crippen LogP contribution in [0.3, 0.4) is 0 Å². The van der Waals surface area contributed by atoms with Gasteiger partial charge in [-0.15, -0.1) is 0 Å². The van der Waals surface area contributed by atoms with Crippen molar-refractivity contribution in [3.8, 4) is 0 Å².